The maximum absolute atomic E-state index is 14.0. The zero-order chi connectivity index (χ0) is 27.0. The van der Waals surface area contributed by atoms with Crippen molar-refractivity contribution in [2.75, 3.05) is 0 Å². The van der Waals surface area contributed by atoms with Crippen molar-refractivity contribution in [2.45, 2.75) is 117 Å². The standard InChI is InChI=1S/C28H45N3O5/c1-18(2)16-23(30-27(35)36-28(5,6)7)26(34)31(19(3)4)24(20-12-11-15-22(32)17-20)25(33)29-21-13-9-8-10-14-21/h11-12,15,17-19,21,23-24,32H,8-10,13-14,16H2,1-7H3,(H,29,33)(H,30,35). The van der Waals surface area contributed by atoms with Gasteiger partial charge in [-0.05, 0) is 77.5 Å². The Morgan fingerprint density at radius 2 is 1.72 bits per heavy atom. The van der Waals surface area contributed by atoms with E-state index in [9.17, 15) is 19.5 Å². The molecule has 0 saturated heterocycles. The molecule has 2 rings (SSSR count). The molecule has 0 bridgehead atoms. The fourth-order valence-corrected chi connectivity index (χ4v) is 4.66. The average Bonchev–Trinajstić information content (AvgIpc) is 2.75. The van der Waals surface area contributed by atoms with E-state index < -0.39 is 23.8 Å². The van der Waals surface area contributed by atoms with Crippen molar-refractivity contribution in [3.8, 4) is 5.75 Å². The topological polar surface area (TPSA) is 108 Å². The number of phenols is 1. The van der Waals surface area contributed by atoms with Crippen LogP contribution in [0.25, 0.3) is 0 Å². The molecule has 8 heteroatoms. The summed E-state index contributed by atoms with van der Waals surface area (Å²) >= 11 is 0. The highest BCUT2D eigenvalue weighted by Crippen LogP contribution is 2.29. The molecule has 0 heterocycles. The second-order valence-corrected chi connectivity index (χ2v) is 11.5. The van der Waals surface area contributed by atoms with Gasteiger partial charge in [-0.2, -0.15) is 0 Å². The molecule has 2 unspecified atom stereocenters. The number of carbonyl (C=O) groups excluding carboxylic acids is 3. The predicted octanol–water partition coefficient (Wildman–Crippen LogP) is 5.06. The predicted molar refractivity (Wildman–Crippen MR) is 140 cm³/mol. The molecule has 36 heavy (non-hydrogen) atoms. The van der Waals surface area contributed by atoms with Crippen LogP contribution >= 0.6 is 0 Å². The minimum Gasteiger partial charge on any atom is -0.508 e. The number of hydrogen-bond donors (Lipinski definition) is 3. The molecule has 2 atom stereocenters. The molecule has 0 aliphatic heterocycles. The Bertz CT molecular complexity index is 887. The minimum atomic E-state index is -0.957. The van der Waals surface area contributed by atoms with Crippen molar-refractivity contribution < 1.29 is 24.2 Å². The Morgan fingerprint density at radius 3 is 2.25 bits per heavy atom. The smallest absolute Gasteiger partial charge is 0.408 e. The Balaban J connectivity index is 2.43. The van der Waals surface area contributed by atoms with Gasteiger partial charge < -0.3 is 25.4 Å². The van der Waals surface area contributed by atoms with Crippen LogP contribution in [0.4, 0.5) is 4.79 Å². The number of rotatable bonds is 9. The van der Waals surface area contributed by atoms with Crippen molar-refractivity contribution >= 4 is 17.9 Å². The molecule has 0 spiro atoms. The van der Waals surface area contributed by atoms with E-state index in [2.05, 4.69) is 10.6 Å². The zero-order valence-electron chi connectivity index (χ0n) is 23.0. The first-order valence-electron chi connectivity index (χ1n) is 13.2. The van der Waals surface area contributed by atoms with Crippen LogP contribution in [0.1, 0.15) is 98.6 Å². The van der Waals surface area contributed by atoms with Crippen molar-refractivity contribution in [1.29, 1.82) is 0 Å². The molecule has 1 aromatic carbocycles. The van der Waals surface area contributed by atoms with Gasteiger partial charge in [-0.15, -0.1) is 0 Å². The number of benzene rings is 1. The average molecular weight is 504 g/mol. The number of phenolic OH excluding ortho intramolecular Hbond substituents is 1. The Labute approximate surface area is 216 Å². The van der Waals surface area contributed by atoms with E-state index in [1.165, 1.54) is 17.0 Å². The molecule has 1 aromatic rings. The molecule has 1 aliphatic rings. The highest BCUT2D eigenvalue weighted by molar-refractivity contribution is 5.92. The molecule has 0 aromatic heterocycles. The van der Waals surface area contributed by atoms with E-state index in [-0.39, 0.29) is 35.6 Å². The van der Waals surface area contributed by atoms with E-state index in [1.807, 2.05) is 27.7 Å². The van der Waals surface area contributed by atoms with Gasteiger partial charge in [0.25, 0.3) is 0 Å². The highest BCUT2D eigenvalue weighted by atomic mass is 16.6. The van der Waals surface area contributed by atoms with Gasteiger partial charge in [0.15, 0.2) is 0 Å². The summed E-state index contributed by atoms with van der Waals surface area (Å²) in [5.41, 5.74) is -0.192. The molecule has 3 N–H and O–H groups in total. The summed E-state index contributed by atoms with van der Waals surface area (Å²) in [6, 6.07) is 4.34. The summed E-state index contributed by atoms with van der Waals surface area (Å²) in [4.78, 5) is 41.9. The van der Waals surface area contributed by atoms with Crippen LogP contribution in [0.15, 0.2) is 24.3 Å². The monoisotopic (exact) mass is 503 g/mol. The summed E-state index contributed by atoms with van der Waals surface area (Å²) in [5, 5.41) is 16.1. The number of amides is 3. The van der Waals surface area contributed by atoms with Crippen molar-refractivity contribution in [1.82, 2.24) is 15.5 Å². The number of ether oxygens (including phenoxy) is 1. The van der Waals surface area contributed by atoms with E-state index in [0.717, 1.165) is 32.1 Å². The third-order valence-electron chi connectivity index (χ3n) is 6.17. The van der Waals surface area contributed by atoms with Gasteiger partial charge in [0.05, 0.1) is 0 Å². The van der Waals surface area contributed by atoms with Crippen LogP contribution in [0.2, 0.25) is 0 Å². The first kappa shape index (κ1) is 29.5. The maximum Gasteiger partial charge on any atom is 0.408 e. The van der Waals surface area contributed by atoms with Crippen LogP contribution in [-0.2, 0) is 14.3 Å². The van der Waals surface area contributed by atoms with E-state index in [0.29, 0.717) is 12.0 Å². The summed E-state index contributed by atoms with van der Waals surface area (Å²) in [7, 11) is 0. The molecule has 1 saturated carbocycles. The van der Waals surface area contributed by atoms with Gasteiger partial charge in [-0.25, -0.2) is 4.79 Å². The quantitative estimate of drug-likeness (QED) is 0.437. The number of carbonyl (C=O) groups is 3. The first-order chi connectivity index (χ1) is 16.8. The van der Waals surface area contributed by atoms with Crippen molar-refractivity contribution in [2.24, 2.45) is 5.92 Å². The lowest BCUT2D eigenvalue weighted by Crippen LogP contribution is -2.56. The van der Waals surface area contributed by atoms with Gasteiger partial charge in [-0.1, -0.05) is 45.2 Å². The normalized spacial score (nSPS) is 16.4. The summed E-state index contributed by atoms with van der Waals surface area (Å²) in [6.45, 7) is 12.9. The molecular formula is C28H45N3O5. The highest BCUT2D eigenvalue weighted by Gasteiger charge is 2.38. The molecule has 0 radical (unpaired) electrons. The van der Waals surface area contributed by atoms with Crippen molar-refractivity contribution in [3.63, 3.8) is 0 Å². The molecule has 202 valence electrons. The van der Waals surface area contributed by atoms with Gasteiger partial charge in [0, 0.05) is 12.1 Å². The van der Waals surface area contributed by atoms with Gasteiger partial charge in [0.2, 0.25) is 11.8 Å². The third-order valence-corrected chi connectivity index (χ3v) is 6.17. The molecule has 8 nitrogen and oxygen atoms in total. The van der Waals surface area contributed by atoms with Gasteiger partial charge in [0.1, 0.15) is 23.4 Å². The number of nitrogens with one attached hydrogen (secondary N) is 2. The second kappa shape index (κ2) is 13.0. The lowest BCUT2D eigenvalue weighted by atomic mass is 9.94. The third kappa shape index (κ3) is 9.03. The van der Waals surface area contributed by atoms with E-state index in [4.69, 9.17) is 4.74 Å². The number of nitrogens with zero attached hydrogens (tertiary/aromatic N) is 1. The molecular weight excluding hydrogens is 458 g/mol. The van der Waals surface area contributed by atoms with E-state index in [1.54, 1.807) is 32.9 Å². The Hall–Kier alpha value is -2.77. The van der Waals surface area contributed by atoms with Crippen LogP contribution in [0, 0.1) is 5.92 Å². The van der Waals surface area contributed by atoms with Crippen LogP contribution in [0.3, 0.4) is 0 Å². The van der Waals surface area contributed by atoms with Crippen LogP contribution in [-0.4, -0.2) is 51.6 Å². The molecule has 1 aliphatic carbocycles. The van der Waals surface area contributed by atoms with Crippen LogP contribution in [0.5, 0.6) is 5.75 Å². The minimum absolute atomic E-state index is 0.0183. The maximum atomic E-state index is 14.0. The number of aromatic hydroxyl groups is 1. The lowest BCUT2D eigenvalue weighted by molar-refractivity contribution is -0.145. The number of alkyl carbamates (subject to hydrolysis) is 1. The van der Waals surface area contributed by atoms with E-state index >= 15 is 0 Å². The number of hydrogen-bond acceptors (Lipinski definition) is 5. The fourth-order valence-electron chi connectivity index (χ4n) is 4.66. The SMILES string of the molecule is CC(C)CC(NC(=O)OC(C)(C)C)C(=O)N(C(C)C)C(C(=O)NC1CCCCC1)c1cccc(O)c1. The fraction of sp³-hybridized carbons (Fsp3) is 0.679. The molecule has 1 fully saturated rings. The summed E-state index contributed by atoms with van der Waals surface area (Å²) in [6.07, 6.45) is 4.81. The molecule has 3 amide bonds. The summed E-state index contributed by atoms with van der Waals surface area (Å²) < 4.78 is 5.42. The largest absolute Gasteiger partial charge is 0.508 e. The van der Waals surface area contributed by atoms with Crippen molar-refractivity contribution in [3.05, 3.63) is 29.8 Å². The Morgan fingerprint density at radius 1 is 1.08 bits per heavy atom. The lowest BCUT2D eigenvalue weighted by Gasteiger charge is -2.38. The summed E-state index contributed by atoms with van der Waals surface area (Å²) in [5.74, 6) is -0.519. The van der Waals surface area contributed by atoms with Gasteiger partial charge >= 0.3 is 6.09 Å². The Kier molecular flexibility index (Phi) is 10.6. The van der Waals surface area contributed by atoms with Crippen LogP contribution < -0.4 is 10.6 Å². The second-order valence-electron chi connectivity index (χ2n) is 11.5. The van der Waals surface area contributed by atoms with Gasteiger partial charge in [-0.3, -0.25) is 9.59 Å². The first-order valence-corrected chi connectivity index (χ1v) is 13.2. The zero-order valence-corrected chi connectivity index (χ0v) is 23.0.